The molecule has 0 amide bonds. The fourth-order valence-corrected chi connectivity index (χ4v) is 3.02. The number of nitrogens with one attached hydrogen (secondary N) is 1. The summed E-state index contributed by atoms with van der Waals surface area (Å²) < 4.78 is 40.9. The van der Waals surface area contributed by atoms with Gasteiger partial charge in [-0.3, -0.25) is 0 Å². The summed E-state index contributed by atoms with van der Waals surface area (Å²) in [6.07, 6.45) is 2.16. The average Bonchev–Trinajstić information content (AvgIpc) is 2.93. The maximum atomic E-state index is 13.9. The van der Waals surface area contributed by atoms with Gasteiger partial charge in [-0.25, -0.2) is 13.2 Å². The van der Waals surface area contributed by atoms with E-state index < -0.39 is 23.5 Å². The number of thiophene rings is 1. The van der Waals surface area contributed by atoms with Gasteiger partial charge in [-0.15, -0.1) is 11.3 Å². The Labute approximate surface area is 126 Å². The van der Waals surface area contributed by atoms with E-state index in [0.29, 0.717) is 13.0 Å². The zero-order chi connectivity index (χ0) is 15.2. The maximum Gasteiger partial charge on any atom is 0.133 e. The largest absolute Gasteiger partial charge is 0.310 e. The van der Waals surface area contributed by atoms with Crippen LogP contribution in [0, 0.1) is 17.5 Å². The molecule has 0 aliphatic rings. The fraction of sp³-hybridized carbons (Fsp3) is 0.375. The average molecular weight is 313 g/mol. The fourth-order valence-electron chi connectivity index (χ4n) is 2.29. The van der Waals surface area contributed by atoms with Crippen molar-refractivity contribution in [3.05, 3.63) is 57.5 Å². The van der Waals surface area contributed by atoms with E-state index in [2.05, 4.69) is 5.32 Å². The monoisotopic (exact) mass is 313 g/mol. The molecule has 2 rings (SSSR count). The summed E-state index contributed by atoms with van der Waals surface area (Å²) in [7, 11) is 0. The normalized spacial score (nSPS) is 12.6. The number of hydrogen-bond acceptors (Lipinski definition) is 2. The van der Waals surface area contributed by atoms with E-state index in [4.69, 9.17) is 0 Å². The highest BCUT2D eigenvalue weighted by Gasteiger charge is 2.21. The Bertz CT molecular complexity index is 546. The van der Waals surface area contributed by atoms with Gasteiger partial charge in [0.1, 0.15) is 17.5 Å². The molecular weight excluding hydrogens is 295 g/mol. The first-order valence-corrected chi connectivity index (χ1v) is 7.90. The molecule has 5 heteroatoms. The van der Waals surface area contributed by atoms with Crippen molar-refractivity contribution in [3.63, 3.8) is 0 Å². The second kappa shape index (κ2) is 7.61. The first-order valence-electron chi connectivity index (χ1n) is 7.02. The Balaban J connectivity index is 2.18. The molecule has 0 radical (unpaired) electrons. The number of rotatable bonds is 7. The lowest BCUT2D eigenvalue weighted by Crippen LogP contribution is -2.25. The maximum absolute atomic E-state index is 13.9. The molecule has 0 fully saturated rings. The standard InChI is InChI=1S/C16H18F3NS/c1-2-7-20-15(6-5-12-4-3-8-21-12)16-13(18)9-11(17)10-14(16)19/h3-4,8-10,15,20H,2,5-7H2,1H3. The molecule has 1 nitrogen and oxygen atoms in total. The van der Waals surface area contributed by atoms with Gasteiger partial charge in [0.15, 0.2) is 0 Å². The molecule has 1 atom stereocenters. The summed E-state index contributed by atoms with van der Waals surface area (Å²) in [5, 5.41) is 5.13. The predicted molar refractivity (Wildman–Crippen MR) is 80.0 cm³/mol. The zero-order valence-corrected chi connectivity index (χ0v) is 12.7. The first kappa shape index (κ1) is 16.0. The van der Waals surface area contributed by atoms with Gasteiger partial charge < -0.3 is 5.32 Å². The molecule has 2 aromatic rings. The Kier molecular flexibility index (Phi) is 5.82. The number of benzene rings is 1. The van der Waals surface area contributed by atoms with Crippen LogP contribution in [0.25, 0.3) is 0 Å². The highest BCUT2D eigenvalue weighted by molar-refractivity contribution is 7.09. The quantitative estimate of drug-likeness (QED) is 0.771. The minimum atomic E-state index is -0.888. The summed E-state index contributed by atoms with van der Waals surface area (Å²) in [6, 6.07) is 4.98. The van der Waals surface area contributed by atoms with Crippen molar-refractivity contribution in [1.29, 1.82) is 0 Å². The van der Waals surface area contributed by atoms with E-state index in [1.807, 2.05) is 24.4 Å². The Morgan fingerprint density at radius 1 is 1.19 bits per heavy atom. The van der Waals surface area contributed by atoms with Gasteiger partial charge in [0.2, 0.25) is 0 Å². The molecule has 1 heterocycles. The number of hydrogen-bond donors (Lipinski definition) is 1. The molecule has 0 saturated carbocycles. The van der Waals surface area contributed by atoms with Crippen LogP contribution in [0.4, 0.5) is 13.2 Å². The Hall–Kier alpha value is -1.33. The molecule has 114 valence electrons. The lowest BCUT2D eigenvalue weighted by Gasteiger charge is -2.20. The summed E-state index contributed by atoms with van der Waals surface area (Å²) in [4.78, 5) is 1.17. The van der Waals surface area contributed by atoms with Crippen LogP contribution in [0.2, 0.25) is 0 Å². The highest BCUT2D eigenvalue weighted by atomic mass is 32.1. The van der Waals surface area contributed by atoms with Gasteiger partial charge in [0.05, 0.1) is 0 Å². The van der Waals surface area contributed by atoms with Gasteiger partial charge in [0, 0.05) is 28.6 Å². The van der Waals surface area contributed by atoms with E-state index in [1.54, 1.807) is 11.3 Å². The molecule has 0 aliphatic carbocycles. The lowest BCUT2D eigenvalue weighted by molar-refractivity contribution is 0.440. The van der Waals surface area contributed by atoms with Crippen molar-refractivity contribution >= 4 is 11.3 Å². The molecule has 1 unspecified atom stereocenters. The summed E-state index contributed by atoms with van der Waals surface area (Å²) in [5.74, 6) is -2.54. The van der Waals surface area contributed by atoms with Gasteiger partial charge in [-0.1, -0.05) is 13.0 Å². The smallest absolute Gasteiger partial charge is 0.133 e. The van der Waals surface area contributed by atoms with Crippen molar-refractivity contribution in [3.8, 4) is 0 Å². The van der Waals surface area contributed by atoms with Crippen molar-refractivity contribution in [1.82, 2.24) is 5.32 Å². The molecule has 1 aromatic carbocycles. The molecule has 0 bridgehead atoms. The SMILES string of the molecule is CCCNC(CCc1cccs1)c1c(F)cc(F)cc1F. The Morgan fingerprint density at radius 2 is 1.90 bits per heavy atom. The van der Waals surface area contributed by atoms with Crippen LogP contribution < -0.4 is 5.32 Å². The van der Waals surface area contributed by atoms with Gasteiger partial charge in [0.25, 0.3) is 0 Å². The Morgan fingerprint density at radius 3 is 2.48 bits per heavy atom. The molecule has 1 aromatic heterocycles. The highest BCUT2D eigenvalue weighted by Crippen LogP contribution is 2.26. The molecule has 0 saturated heterocycles. The third-order valence-corrected chi connectivity index (χ3v) is 4.23. The van der Waals surface area contributed by atoms with E-state index >= 15 is 0 Å². The van der Waals surface area contributed by atoms with Crippen LogP contribution in [0.15, 0.2) is 29.6 Å². The third-order valence-electron chi connectivity index (χ3n) is 3.29. The third kappa shape index (κ3) is 4.32. The predicted octanol–water partition coefficient (Wildman–Crippen LogP) is 4.84. The minimum Gasteiger partial charge on any atom is -0.310 e. The second-order valence-electron chi connectivity index (χ2n) is 4.91. The van der Waals surface area contributed by atoms with Crippen molar-refractivity contribution < 1.29 is 13.2 Å². The van der Waals surface area contributed by atoms with Gasteiger partial charge in [-0.05, 0) is 37.3 Å². The molecule has 21 heavy (non-hydrogen) atoms. The van der Waals surface area contributed by atoms with E-state index in [1.165, 1.54) is 4.88 Å². The van der Waals surface area contributed by atoms with Gasteiger partial charge >= 0.3 is 0 Å². The van der Waals surface area contributed by atoms with Crippen LogP contribution >= 0.6 is 11.3 Å². The van der Waals surface area contributed by atoms with E-state index in [-0.39, 0.29) is 5.56 Å². The second-order valence-corrected chi connectivity index (χ2v) is 5.94. The van der Waals surface area contributed by atoms with Crippen molar-refractivity contribution in [2.75, 3.05) is 6.54 Å². The van der Waals surface area contributed by atoms with Gasteiger partial charge in [-0.2, -0.15) is 0 Å². The van der Waals surface area contributed by atoms with Crippen LogP contribution in [0.3, 0.4) is 0 Å². The van der Waals surface area contributed by atoms with Crippen LogP contribution in [0.1, 0.15) is 36.2 Å². The summed E-state index contributed by atoms with van der Waals surface area (Å²) >= 11 is 1.62. The summed E-state index contributed by atoms with van der Waals surface area (Å²) in [5.41, 5.74) is -0.0681. The van der Waals surface area contributed by atoms with Crippen molar-refractivity contribution in [2.45, 2.75) is 32.2 Å². The summed E-state index contributed by atoms with van der Waals surface area (Å²) in [6.45, 7) is 2.64. The van der Waals surface area contributed by atoms with Crippen molar-refractivity contribution in [2.24, 2.45) is 0 Å². The lowest BCUT2D eigenvalue weighted by atomic mass is 10.00. The molecule has 0 spiro atoms. The van der Waals surface area contributed by atoms with Crippen LogP contribution in [0.5, 0.6) is 0 Å². The molecule has 0 aliphatic heterocycles. The number of aryl methyl sites for hydroxylation is 1. The van der Waals surface area contributed by atoms with Crippen LogP contribution in [-0.4, -0.2) is 6.54 Å². The first-order chi connectivity index (χ1) is 10.1. The van der Waals surface area contributed by atoms with E-state index in [9.17, 15) is 13.2 Å². The zero-order valence-electron chi connectivity index (χ0n) is 11.8. The number of halogens is 3. The topological polar surface area (TPSA) is 12.0 Å². The van der Waals surface area contributed by atoms with Crippen LogP contribution in [-0.2, 0) is 6.42 Å². The molecule has 1 N–H and O–H groups in total. The molecular formula is C16H18F3NS. The van der Waals surface area contributed by atoms with E-state index in [0.717, 1.165) is 25.0 Å². The minimum absolute atomic E-state index is 0.0681.